The summed E-state index contributed by atoms with van der Waals surface area (Å²) in [5.74, 6) is 0.873. The highest BCUT2D eigenvalue weighted by molar-refractivity contribution is 5.74. The third-order valence-corrected chi connectivity index (χ3v) is 6.11. The number of nitrogens with one attached hydrogen (secondary N) is 2. The van der Waals surface area contributed by atoms with Gasteiger partial charge in [-0.15, -0.1) is 0 Å². The summed E-state index contributed by atoms with van der Waals surface area (Å²) in [5, 5.41) is 3.46. The predicted octanol–water partition coefficient (Wildman–Crippen LogP) is 4.25. The van der Waals surface area contributed by atoms with Crippen molar-refractivity contribution >= 4 is 17.1 Å². The van der Waals surface area contributed by atoms with Crippen LogP contribution in [0.4, 0.5) is 5.95 Å². The molecule has 2 aromatic carbocycles. The zero-order chi connectivity index (χ0) is 23.2. The topological polar surface area (TPSA) is 84.7 Å². The Morgan fingerprint density at radius 1 is 0.970 bits per heavy atom. The fourth-order valence-corrected chi connectivity index (χ4v) is 4.33. The number of nitrogens with zero attached hydrogens (tertiary/aromatic N) is 3. The minimum absolute atomic E-state index is 0.241. The second-order valence-corrected chi connectivity index (χ2v) is 8.37. The molecule has 0 fully saturated rings. The number of benzene rings is 2. The van der Waals surface area contributed by atoms with Crippen molar-refractivity contribution in [3.05, 3.63) is 92.6 Å². The molecule has 0 aliphatic rings. The predicted molar refractivity (Wildman–Crippen MR) is 133 cm³/mol. The molecule has 2 heterocycles. The number of anilines is 1. The Labute approximate surface area is 193 Å². The van der Waals surface area contributed by atoms with E-state index >= 15 is 0 Å². The highest BCUT2D eigenvalue weighted by Crippen LogP contribution is 2.28. The van der Waals surface area contributed by atoms with Crippen molar-refractivity contribution in [2.45, 2.75) is 45.1 Å². The van der Waals surface area contributed by atoms with E-state index in [0.717, 1.165) is 25.7 Å². The maximum atomic E-state index is 12.6. The monoisotopic (exact) mass is 445 g/mol. The third kappa shape index (κ3) is 4.92. The van der Waals surface area contributed by atoms with Gasteiger partial charge >= 0.3 is 5.69 Å². The largest absolute Gasteiger partial charge is 0.356 e. The van der Waals surface area contributed by atoms with Gasteiger partial charge in [0.2, 0.25) is 5.95 Å². The summed E-state index contributed by atoms with van der Waals surface area (Å²) in [5.41, 5.74) is 2.53. The Hall–Kier alpha value is -3.61. The van der Waals surface area contributed by atoms with E-state index in [1.807, 2.05) is 16.7 Å². The summed E-state index contributed by atoms with van der Waals surface area (Å²) in [4.78, 5) is 31.8. The lowest BCUT2D eigenvalue weighted by Crippen LogP contribution is -2.29. The first-order valence-electron chi connectivity index (χ1n) is 11.6. The Kier molecular flexibility index (Phi) is 7.07. The summed E-state index contributed by atoms with van der Waals surface area (Å²) in [6.07, 6.45) is 3.95. The van der Waals surface area contributed by atoms with Gasteiger partial charge in [-0.05, 0) is 24.0 Å². The molecule has 0 unspecified atom stereocenters. The molecule has 0 spiro atoms. The summed E-state index contributed by atoms with van der Waals surface area (Å²) in [6.45, 7) is 3.50. The van der Waals surface area contributed by atoms with Crippen LogP contribution in [0, 0.1) is 0 Å². The van der Waals surface area contributed by atoms with E-state index in [4.69, 9.17) is 0 Å². The number of aryl methyl sites for hydroxylation is 2. The minimum atomic E-state index is -0.453. The van der Waals surface area contributed by atoms with Crippen LogP contribution in [0.5, 0.6) is 0 Å². The van der Waals surface area contributed by atoms with E-state index in [1.54, 1.807) is 7.05 Å². The van der Waals surface area contributed by atoms with Crippen LogP contribution in [0.25, 0.3) is 11.2 Å². The molecule has 33 heavy (non-hydrogen) atoms. The molecule has 172 valence electrons. The molecule has 0 radical (unpaired) electrons. The molecule has 0 saturated carbocycles. The van der Waals surface area contributed by atoms with Crippen molar-refractivity contribution < 1.29 is 0 Å². The smallest absolute Gasteiger partial charge is 0.329 e. The van der Waals surface area contributed by atoms with Gasteiger partial charge in [-0.1, -0.05) is 80.4 Å². The van der Waals surface area contributed by atoms with Gasteiger partial charge in [0.1, 0.15) is 0 Å². The number of unbranched alkanes of at least 4 members (excludes halogenated alkanes) is 2. The maximum Gasteiger partial charge on any atom is 0.329 e. The zero-order valence-corrected chi connectivity index (χ0v) is 19.3. The zero-order valence-electron chi connectivity index (χ0n) is 19.3. The molecular weight excluding hydrogens is 414 g/mol. The molecule has 2 aromatic heterocycles. The van der Waals surface area contributed by atoms with Crippen molar-refractivity contribution in [3.8, 4) is 0 Å². The molecule has 0 saturated heterocycles. The molecule has 0 aliphatic carbocycles. The van der Waals surface area contributed by atoms with Gasteiger partial charge in [0.25, 0.3) is 5.56 Å². The van der Waals surface area contributed by atoms with Gasteiger partial charge in [-0.25, -0.2) is 4.79 Å². The number of rotatable bonds is 10. The standard InChI is InChI=1S/C26H31N5O2/c1-3-4-11-18-31-22-23(30(2)26(33)29-24(22)32)28-25(31)27-17-16-21(19-12-7-5-8-13-19)20-14-9-6-10-15-20/h5-10,12-15,21H,3-4,11,16-18H2,1-2H3,(H,27,28)(H,29,32,33). The minimum Gasteiger partial charge on any atom is -0.356 e. The van der Waals surface area contributed by atoms with Crippen LogP contribution in [0.15, 0.2) is 70.3 Å². The second kappa shape index (κ2) is 10.3. The van der Waals surface area contributed by atoms with Crippen molar-refractivity contribution in [2.75, 3.05) is 11.9 Å². The van der Waals surface area contributed by atoms with Crippen LogP contribution in [0.2, 0.25) is 0 Å². The van der Waals surface area contributed by atoms with E-state index in [-0.39, 0.29) is 5.92 Å². The van der Waals surface area contributed by atoms with Gasteiger partial charge in [-0.2, -0.15) is 4.98 Å². The number of hydrogen-bond acceptors (Lipinski definition) is 4. The fraction of sp³-hybridized carbons (Fsp3) is 0.346. The molecule has 0 aliphatic heterocycles. The molecule has 4 rings (SSSR count). The van der Waals surface area contributed by atoms with E-state index in [2.05, 4.69) is 70.7 Å². The first-order valence-corrected chi connectivity index (χ1v) is 11.6. The maximum absolute atomic E-state index is 12.6. The molecule has 0 bridgehead atoms. The molecule has 0 amide bonds. The average Bonchev–Trinajstić information content (AvgIpc) is 3.21. The number of imidazole rings is 1. The highest BCUT2D eigenvalue weighted by Gasteiger charge is 2.18. The first kappa shape index (κ1) is 22.6. The van der Waals surface area contributed by atoms with E-state index < -0.39 is 11.2 Å². The van der Waals surface area contributed by atoms with Gasteiger partial charge in [0, 0.05) is 26.1 Å². The van der Waals surface area contributed by atoms with E-state index in [9.17, 15) is 9.59 Å². The fourth-order valence-electron chi connectivity index (χ4n) is 4.33. The number of fused-ring (bicyclic) bond motifs is 1. The molecule has 0 atom stereocenters. The molecule has 7 nitrogen and oxygen atoms in total. The molecular formula is C26H31N5O2. The average molecular weight is 446 g/mol. The number of hydrogen-bond donors (Lipinski definition) is 2. The van der Waals surface area contributed by atoms with Crippen LogP contribution in [-0.4, -0.2) is 25.6 Å². The Morgan fingerprint density at radius 3 is 2.21 bits per heavy atom. The van der Waals surface area contributed by atoms with Gasteiger partial charge < -0.3 is 9.88 Å². The van der Waals surface area contributed by atoms with Crippen molar-refractivity contribution in [2.24, 2.45) is 7.05 Å². The van der Waals surface area contributed by atoms with Crippen LogP contribution in [0.3, 0.4) is 0 Å². The summed E-state index contributed by atoms with van der Waals surface area (Å²) in [7, 11) is 1.63. The summed E-state index contributed by atoms with van der Waals surface area (Å²) >= 11 is 0. The van der Waals surface area contributed by atoms with Crippen LogP contribution >= 0.6 is 0 Å². The Morgan fingerprint density at radius 2 is 1.61 bits per heavy atom. The molecule has 4 aromatic rings. The van der Waals surface area contributed by atoms with Crippen LogP contribution < -0.4 is 16.6 Å². The normalized spacial score (nSPS) is 11.4. The summed E-state index contributed by atoms with van der Waals surface area (Å²) in [6, 6.07) is 21.0. The number of aromatic amines is 1. The van der Waals surface area contributed by atoms with Gasteiger partial charge in [-0.3, -0.25) is 14.3 Å². The first-order chi connectivity index (χ1) is 16.1. The van der Waals surface area contributed by atoms with E-state index in [1.165, 1.54) is 15.7 Å². The Bertz CT molecular complexity index is 1270. The Balaban J connectivity index is 1.62. The van der Waals surface area contributed by atoms with Crippen molar-refractivity contribution in [1.29, 1.82) is 0 Å². The van der Waals surface area contributed by atoms with Crippen LogP contribution in [-0.2, 0) is 13.6 Å². The SMILES string of the molecule is CCCCCn1c(NCCC(c2ccccc2)c2ccccc2)nc2c1c(=O)[nH]c(=O)n2C. The lowest BCUT2D eigenvalue weighted by atomic mass is 9.88. The molecule has 2 N–H and O–H groups in total. The number of aromatic nitrogens is 4. The summed E-state index contributed by atoms with van der Waals surface area (Å²) < 4.78 is 3.32. The van der Waals surface area contributed by atoms with Gasteiger partial charge in [0.05, 0.1) is 0 Å². The third-order valence-electron chi connectivity index (χ3n) is 6.11. The van der Waals surface area contributed by atoms with Crippen LogP contribution in [0.1, 0.15) is 49.7 Å². The highest BCUT2D eigenvalue weighted by atomic mass is 16.2. The lowest BCUT2D eigenvalue weighted by Gasteiger charge is -2.19. The lowest BCUT2D eigenvalue weighted by molar-refractivity contribution is 0.613. The van der Waals surface area contributed by atoms with Gasteiger partial charge in [0.15, 0.2) is 11.2 Å². The molecule has 7 heteroatoms. The second-order valence-electron chi connectivity index (χ2n) is 8.37. The number of H-pyrrole nitrogens is 1. The quantitative estimate of drug-likeness (QED) is 0.358. The van der Waals surface area contributed by atoms with Crippen molar-refractivity contribution in [1.82, 2.24) is 19.1 Å². The van der Waals surface area contributed by atoms with Crippen molar-refractivity contribution in [3.63, 3.8) is 0 Å². The van der Waals surface area contributed by atoms with E-state index in [0.29, 0.717) is 30.2 Å².